The van der Waals surface area contributed by atoms with Crippen LogP contribution in [0.15, 0.2) is 29.4 Å². The Morgan fingerprint density at radius 1 is 1.11 bits per heavy atom. The summed E-state index contributed by atoms with van der Waals surface area (Å²) in [5.74, 6) is 1.85. The number of aliphatic hydroxyl groups excluding tert-OH is 1. The minimum Gasteiger partial charge on any atom is -0.391 e. The Kier molecular flexibility index (Phi) is 5.88. The summed E-state index contributed by atoms with van der Waals surface area (Å²) in [6.45, 7) is 3.30. The van der Waals surface area contributed by atoms with Gasteiger partial charge in [-0.2, -0.15) is 15.3 Å². The van der Waals surface area contributed by atoms with Crippen molar-refractivity contribution in [3.8, 4) is 6.07 Å². The van der Waals surface area contributed by atoms with Gasteiger partial charge in [0.1, 0.15) is 11.9 Å². The molecule has 0 radical (unpaired) electrons. The van der Waals surface area contributed by atoms with Crippen molar-refractivity contribution in [2.45, 2.75) is 50.5 Å². The molecular formula is C25H30N8O2. The van der Waals surface area contributed by atoms with E-state index in [1.165, 1.54) is 0 Å². The van der Waals surface area contributed by atoms with Gasteiger partial charge in [-0.3, -0.25) is 5.43 Å². The Morgan fingerprint density at radius 2 is 1.94 bits per heavy atom. The van der Waals surface area contributed by atoms with Crippen LogP contribution in [0.4, 0.5) is 23.1 Å². The van der Waals surface area contributed by atoms with Crippen LogP contribution >= 0.6 is 0 Å². The first-order chi connectivity index (χ1) is 17.2. The Morgan fingerprint density at radius 3 is 2.71 bits per heavy atom. The molecule has 35 heavy (non-hydrogen) atoms. The summed E-state index contributed by atoms with van der Waals surface area (Å²) >= 11 is 0. The first-order valence-electron chi connectivity index (χ1n) is 12.5. The molecule has 1 aromatic carbocycles. The monoisotopic (exact) mass is 474 g/mol. The van der Waals surface area contributed by atoms with Crippen LogP contribution in [0.25, 0.3) is 0 Å². The minimum atomic E-state index is -0.261. The number of piperidine rings is 2. The zero-order valence-electron chi connectivity index (χ0n) is 19.6. The summed E-state index contributed by atoms with van der Waals surface area (Å²) in [7, 11) is 0. The highest BCUT2D eigenvalue weighted by atomic mass is 16.6. The van der Waals surface area contributed by atoms with Gasteiger partial charge in [0, 0.05) is 44.0 Å². The maximum atomic E-state index is 10.0. The largest absolute Gasteiger partial charge is 0.391 e. The van der Waals surface area contributed by atoms with Crippen molar-refractivity contribution in [2.24, 2.45) is 11.0 Å². The average molecular weight is 475 g/mol. The molecule has 10 heteroatoms. The topological polar surface area (TPSA) is 125 Å². The number of nitrogens with one attached hydrogen (secondary N) is 2. The van der Waals surface area contributed by atoms with Crippen LogP contribution in [0.1, 0.15) is 49.5 Å². The molecule has 3 saturated heterocycles. The van der Waals surface area contributed by atoms with Gasteiger partial charge < -0.3 is 25.0 Å². The standard InChI is InChI=1S/C25H30N8O2/c26-10-7-16-8-12-32(13-9-16)25-29-20-14-27-31-24-22(35-24)21(20)23(30-25)28-17-3-5-18(6-4-17)33-11-1-2-19(34)15-33/h3-6,14,16,19,22,24,31,34H,1-2,7-9,11-13,15H2,(H,28,29,30). The number of aliphatic hydroxyl groups is 1. The molecule has 3 N–H and O–H groups in total. The van der Waals surface area contributed by atoms with Crippen LogP contribution in [0.5, 0.6) is 0 Å². The number of nitriles is 1. The molecule has 2 aromatic rings. The Hall–Kier alpha value is -3.42. The maximum absolute atomic E-state index is 10.0. The van der Waals surface area contributed by atoms with Crippen molar-refractivity contribution in [1.29, 1.82) is 5.26 Å². The third-order valence-corrected chi connectivity index (χ3v) is 7.30. The number of benzene rings is 1. The fourth-order valence-electron chi connectivity index (χ4n) is 5.24. The van der Waals surface area contributed by atoms with Crippen LogP contribution in [-0.2, 0) is 4.74 Å². The molecular weight excluding hydrogens is 444 g/mol. The van der Waals surface area contributed by atoms with E-state index in [-0.39, 0.29) is 18.4 Å². The second kappa shape index (κ2) is 9.32. The molecule has 3 fully saturated rings. The third-order valence-electron chi connectivity index (χ3n) is 7.30. The summed E-state index contributed by atoms with van der Waals surface area (Å²) in [6, 6.07) is 10.6. The van der Waals surface area contributed by atoms with Crippen molar-refractivity contribution in [3.05, 3.63) is 35.5 Å². The number of ether oxygens (including phenoxy) is 1. The van der Waals surface area contributed by atoms with Gasteiger partial charge in [-0.15, -0.1) is 0 Å². The van der Waals surface area contributed by atoms with Gasteiger partial charge in [0.15, 0.2) is 6.23 Å². The quantitative estimate of drug-likeness (QED) is 0.561. The Balaban J connectivity index is 1.26. The summed E-state index contributed by atoms with van der Waals surface area (Å²) in [4.78, 5) is 14.2. The molecule has 0 spiro atoms. The lowest BCUT2D eigenvalue weighted by Gasteiger charge is -2.32. The van der Waals surface area contributed by atoms with E-state index in [0.29, 0.717) is 24.8 Å². The number of hydrazone groups is 1. The van der Waals surface area contributed by atoms with Gasteiger partial charge in [0.25, 0.3) is 0 Å². The van der Waals surface area contributed by atoms with Crippen LogP contribution < -0.4 is 20.5 Å². The predicted molar refractivity (Wildman–Crippen MR) is 133 cm³/mol. The lowest BCUT2D eigenvalue weighted by molar-refractivity contribution is 0.154. The number of nitrogens with zero attached hydrogens (tertiary/aromatic N) is 6. The highest BCUT2D eigenvalue weighted by Gasteiger charge is 2.45. The summed E-state index contributed by atoms with van der Waals surface area (Å²) < 4.78 is 5.78. The molecule has 3 atom stereocenters. The van der Waals surface area contributed by atoms with Gasteiger partial charge >= 0.3 is 0 Å². The van der Waals surface area contributed by atoms with Crippen molar-refractivity contribution in [3.63, 3.8) is 0 Å². The lowest BCUT2D eigenvalue weighted by atomic mass is 9.94. The van der Waals surface area contributed by atoms with Crippen molar-refractivity contribution < 1.29 is 9.84 Å². The fourth-order valence-corrected chi connectivity index (χ4v) is 5.24. The van der Waals surface area contributed by atoms with E-state index in [2.05, 4.69) is 43.8 Å². The molecule has 182 valence electrons. The number of fused-ring (bicyclic) bond motifs is 3. The molecule has 0 amide bonds. The highest BCUT2D eigenvalue weighted by molar-refractivity contribution is 5.84. The molecule has 3 unspecified atom stereocenters. The zero-order valence-corrected chi connectivity index (χ0v) is 19.6. The Labute approximate surface area is 204 Å². The van der Waals surface area contributed by atoms with Gasteiger partial charge in [0.2, 0.25) is 5.95 Å². The van der Waals surface area contributed by atoms with Crippen molar-refractivity contribution in [1.82, 2.24) is 15.4 Å². The van der Waals surface area contributed by atoms with E-state index >= 15 is 0 Å². The molecule has 4 aliphatic rings. The minimum absolute atomic E-state index is 0.139. The van der Waals surface area contributed by atoms with E-state index in [9.17, 15) is 5.11 Å². The number of aromatic nitrogens is 2. The third kappa shape index (κ3) is 4.61. The van der Waals surface area contributed by atoms with Gasteiger partial charge in [-0.1, -0.05) is 0 Å². The van der Waals surface area contributed by atoms with Gasteiger partial charge in [-0.25, -0.2) is 4.98 Å². The number of rotatable bonds is 5. The van der Waals surface area contributed by atoms with Crippen LogP contribution in [0.2, 0.25) is 0 Å². The summed E-state index contributed by atoms with van der Waals surface area (Å²) in [5.41, 5.74) is 6.71. The van der Waals surface area contributed by atoms with Crippen LogP contribution in [0.3, 0.4) is 0 Å². The lowest BCUT2D eigenvalue weighted by Crippen LogP contribution is -2.38. The summed E-state index contributed by atoms with van der Waals surface area (Å²) in [5, 5.41) is 26.8. The normalized spacial score (nSPS) is 25.7. The maximum Gasteiger partial charge on any atom is 0.227 e. The first-order valence-corrected chi connectivity index (χ1v) is 12.5. The Bertz CT molecular complexity index is 1140. The van der Waals surface area contributed by atoms with Crippen LogP contribution in [-0.4, -0.2) is 59.8 Å². The zero-order chi connectivity index (χ0) is 23.8. The molecule has 10 nitrogen and oxygen atoms in total. The van der Waals surface area contributed by atoms with Crippen molar-refractivity contribution >= 4 is 29.4 Å². The highest BCUT2D eigenvalue weighted by Crippen LogP contribution is 2.43. The van der Waals surface area contributed by atoms with E-state index < -0.39 is 0 Å². The van der Waals surface area contributed by atoms with Crippen LogP contribution in [0, 0.1) is 17.2 Å². The molecule has 0 saturated carbocycles. The molecule has 5 heterocycles. The molecule has 0 aliphatic carbocycles. The number of hydrogen-bond donors (Lipinski definition) is 3. The number of epoxide rings is 1. The average Bonchev–Trinajstić information content (AvgIpc) is 3.65. The molecule has 6 rings (SSSR count). The predicted octanol–water partition coefficient (Wildman–Crippen LogP) is 2.65. The SMILES string of the molecule is N#CCC1CCN(c2nc3c(c(Nc4ccc(N5CCCC(O)C5)cc4)n2)C2OC2NN=C3)CC1. The molecule has 0 bridgehead atoms. The summed E-state index contributed by atoms with van der Waals surface area (Å²) in [6.07, 6.45) is 5.60. The fraction of sp³-hybridized carbons (Fsp3) is 0.520. The van der Waals surface area contributed by atoms with Crippen molar-refractivity contribution in [2.75, 3.05) is 41.3 Å². The van der Waals surface area contributed by atoms with E-state index in [0.717, 1.165) is 73.8 Å². The number of β-amino-alcohol motifs (C(OH)–C–C–N with tert-alkyl or cyclic N) is 1. The second-order valence-electron chi connectivity index (χ2n) is 9.74. The smallest absolute Gasteiger partial charge is 0.227 e. The van der Waals surface area contributed by atoms with Gasteiger partial charge in [-0.05, 0) is 55.9 Å². The number of hydrogen-bond acceptors (Lipinski definition) is 10. The number of anilines is 4. The molecule has 1 aromatic heterocycles. The van der Waals surface area contributed by atoms with Gasteiger partial charge in [0.05, 0.1) is 29.6 Å². The molecule has 4 aliphatic heterocycles. The van der Waals surface area contributed by atoms with E-state index in [1.54, 1.807) is 6.21 Å². The second-order valence-corrected chi connectivity index (χ2v) is 9.74. The van der Waals surface area contributed by atoms with E-state index in [1.807, 2.05) is 12.1 Å². The first kappa shape index (κ1) is 22.1. The van der Waals surface area contributed by atoms with E-state index in [4.69, 9.17) is 20.0 Å².